The van der Waals surface area contributed by atoms with Gasteiger partial charge in [0.1, 0.15) is 17.4 Å². The van der Waals surface area contributed by atoms with Crippen LogP contribution in [0.4, 0.5) is 4.79 Å². The summed E-state index contributed by atoms with van der Waals surface area (Å²) in [6.45, 7) is 4.35. The van der Waals surface area contributed by atoms with Gasteiger partial charge in [0.25, 0.3) is 0 Å². The van der Waals surface area contributed by atoms with E-state index in [1.54, 1.807) is 31.6 Å². The van der Waals surface area contributed by atoms with Crippen LogP contribution in [0.3, 0.4) is 0 Å². The first-order chi connectivity index (χ1) is 11.0. The van der Waals surface area contributed by atoms with Gasteiger partial charge in [-0.05, 0) is 30.0 Å². The van der Waals surface area contributed by atoms with Crippen molar-refractivity contribution in [3.8, 4) is 5.75 Å². The van der Waals surface area contributed by atoms with Crippen molar-refractivity contribution in [1.82, 2.24) is 0 Å². The highest BCUT2D eigenvalue weighted by molar-refractivity contribution is 8.15. The molecule has 1 aromatic rings. The quantitative estimate of drug-likeness (QED) is 0.469. The summed E-state index contributed by atoms with van der Waals surface area (Å²) in [5.74, 6) is 0.595. The fourth-order valence-corrected chi connectivity index (χ4v) is 2.24. The molecule has 0 aliphatic carbocycles. The Labute approximate surface area is 140 Å². The molecule has 0 fully saturated rings. The molecule has 0 aromatic heterocycles. The molecule has 23 heavy (non-hydrogen) atoms. The Morgan fingerprint density at radius 1 is 1.39 bits per heavy atom. The van der Waals surface area contributed by atoms with Gasteiger partial charge >= 0.3 is 6.09 Å². The van der Waals surface area contributed by atoms with Gasteiger partial charge in [0.15, 0.2) is 0 Å². The number of aliphatic imine (C=N–C) groups is 1. The highest BCUT2D eigenvalue weighted by Gasteiger charge is 2.14. The molecule has 0 aliphatic heterocycles. The molecule has 0 bridgehead atoms. The summed E-state index contributed by atoms with van der Waals surface area (Å²) in [6.07, 6.45) is 2.64. The predicted octanol–water partition coefficient (Wildman–Crippen LogP) is 3.29. The maximum Gasteiger partial charge on any atom is 0.434 e. The lowest BCUT2D eigenvalue weighted by molar-refractivity contribution is 0.182. The average molecular weight is 336 g/mol. The van der Waals surface area contributed by atoms with Gasteiger partial charge in [0.2, 0.25) is 0 Å². The van der Waals surface area contributed by atoms with E-state index >= 15 is 0 Å². The lowest BCUT2D eigenvalue weighted by Gasteiger charge is -2.11. The summed E-state index contributed by atoms with van der Waals surface area (Å²) in [5.41, 5.74) is 1.55. The largest absolute Gasteiger partial charge is 0.490 e. The van der Waals surface area contributed by atoms with Crippen molar-refractivity contribution in [1.29, 1.82) is 5.41 Å². The zero-order valence-electron chi connectivity index (χ0n) is 13.4. The zero-order chi connectivity index (χ0) is 17.2. The van der Waals surface area contributed by atoms with E-state index in [9.17, 15) is 4.79 Å². The van der Waals surface area contributed by atoms with Crippen LogP contribution in [-0.2, 0) is 16.1 Å². The molecule has 1 N–H and O–H groups in total. The highest BCUT2D eigenvalue weighted by Crippen LogP contribution is 2.20. The summed E-state index contributed by atoms with van der Waals surface area (Å²) in [6, 6.07) is 5.35. The van der Waals surface area contributed by atoms with Gasteiger partial charge in [-0.25, -0.2) is 4.79 Å². The Bertz CT molecular complexity index is 614. The summed E-state index contributed by atoms with van der Waals surface area (Å²) < 4.78 is 15.2. The minimum Gasteiger partial charge on any atom is -0.490 e. The predicted molar refractivity (Wildman–Crippen MR) is 93.0 cm³/mol. The Morgan fingerprint density at radius 2 is 2.13 bits per heavy atom. The minimum atomic E-state index is -0.740. The lowest BCUT2D eigenvalue weighted by Crippen LogP contribution is -2.14. The second kappa shape index (κ2) is 9.81. The summed E-state index contributed by atoms with van der Waals surface area (Å²) in [5, 5.41) is 8.55. The fraction of sp³-hybridized carbons (Fsp3) is 0.312. The molecule has 1 rings (SSSR count). The fourth-order valence-electron chi connectivity index (χ4n) is 1.75. The number of hydrogen-bond acceptors (Lipinski definition) is 6. The molecule has 1 amide bonds. The molecule has 6 nitrogen and oxygen atoms in total. The Hall–Kier alpha value is -2.12. The number of carbonyl (C=O) groups is 1. The number of benzene rings is 1. The number of methoxy groups -OCH3 is 2. The summed E-state index contributed by atoms with van der Waals surface area (Å²) >= 11 is 1.20. The van der Waals surface area contributed by atoms with Crippen LogP contribution < -0.4 is 4.74 Å². The van der Waals surface area contributed by atoms with E-state index in [4.69, 9.17) is 14.9 Å². The van der Waals surface area contributed by atoms with Gasteiger partial charge in [0, 0.05) is 12.7 Å². The molecule has 0 radical (unpaired) electrons. The van der Waals surface area contributed by atoms with Crippen LogP contribution in [-0.4, -0.2) is 43.9 Å². The SMILES string of the molecule is C=CCOc1cc(COC)cc(C(=N)C(=NC(=O)OC)SC)c1. The van der Waals surface area contributed by atoms with Crippen LogP contribution in [0.25, 0.3) is 0 Å². The van der Waals surface area contributed by atoms with Gasteiger partial charge in [-0.3, -0.25) is 5.41 Å². The topological polar surface area (TPSA) is 81.0 Å². The maximum atomic E-state index is 11.3. The van der Waals surface area contributed by atoms with Crippen LogP contribution in [0.2, 0.25) is 0 Å². The lowest BCUT2D eigenvalue weighted by atomic mass is 10.1. The second-order valence-electron chi connectivity index (χ2n) is 4.36. The van der Waals surface area contributed by atoms with Gasteiger partial charge in [-0.1, -0.05) is 12.7 Å². The zero-order valence-corrected chi connectivity index (χ0v) is 14.2. The standard InChI is InChI=1S/C16H20N2O4S/c1-5-6-22-13-8-11(10-20-2)7-12(9-13)14(17)15(23-4)18-16(19)21-3/h5,7-9,17H,1,6,10H2,2-4H3. The van der Waals surface area contributed by atoms with Crippen molar-refractivity contribution in [3.05, 3.63) is 42.0 Å². The first kappa shape index (κ1) is 18.9. The van der Waals surface area contributed by atoms with Crippen molar-refractivity contribution >= 4 is 28.6 Å². The normalized spacial score (nSPS) is 11.0. The van der Waals surface area contributed by atoms with Gasteiger partial charge in [0.05, 0.1) is 19.4 Å². The molecule has 0 saturated carbocycles. The van der Waals surface area contributed by atoms with Crippen LogP contribution in [0, 0.1) is 5.41 Å². The van der Waals surface area contributed by atoms with Gasteiger partial charge < -0.3 is 14.2 Å². The number of nitrogens with one attached hydrogen (secondary N) is 1. The van der Waals surface area contributed by atoms with Gasteiger partial charge in [-0.15, -0.1) is 11.8 Å². The van der Waals surface area contributed by atoms with Crippen molar-refractivity contribution in [2.24, 2.45) is 4.99 Å². The number of thioether (sulfide) groups is 1. The number of rotatable bonds is 7. The number of nitrogens with zero attached hydrogens (tertiary/aromatic N) is 1. The van der Waals surface area contributed by atoms with Crippen LogP contribution in [0.5, 0.6) is 5.75 Å². The first-order valence-corrected chi connectivity index (χ1v) is 7.94. The van der Waals surface area contributed by atoms with E-state index in [-0.39, 0.29) is 10.8 Å². The van der Waals surface area contributed by atoms with Crippen molar-refractivity contribution < 1.29 is 19.0 Å². The number of ether oxygens (including phenoxy) is 3. The van der Waals surface area contributed by atoms with Gasteiger partial charge in [-0.2, -0.15) is 4.99 Å². The average Bonchev–Trinajstić information content (AvgIpc) is 2.57. The van der Waals surface area contributed by atoms with E-state index in [0.29, 0.717) is 24.5 Å². The molecular weight excluding hydrogens is 316 g/mol. The summed E-state index contributed by atoms with van der Waals surface area (Å²) in [7, 11) is 2.84. The molecule has 1 aromatic carbocycles. The molecular formula is C16H20N2O4S. The molecule has 0 aliphatic rings. The van der Waals surface area contributed by atoms with Crippen LogP contribution in [0.15, 0.2) is 35.8 Å². The third kappa shape index (κ3) is 5.88. The van der Waals surface area contributed by atoms with E-state index in [0.717, 1.165) is 5.56 Å². The van der Waals surface area contributed by atoms with E-state index in [2.05, 4.69) is 16.3 Å². The number of carbonyl (C=O) groups excluding carboxylic acids is 1. The van der Waals surface area contributed by atoms with Crippen LogP contribution in [0.1, 0.15) is 11.1 Å². The molecule has 0 spiro atoms. The first-order valence-electron chi connectivity index (χ1n) is 6.72. The number of amides is 1. The van der Waals surface area contributed by atoms with Crippen molar-refractivity contribution in [2.45, 2.75) is 6.61 Å². The monoisotopic (exact) mass is 336 g/mol. The molecule has 124 valence electrons. The Kier molecular flexibility index (Phi) is 8.07. The van der Waals surface area contributed by atoms with E-state index in [1.165, 1.54) is 18.9 Å². The maximum absolute atomic E-state index is 11.3. The molecule has 0 saturated heterocycles. The van der Waals surface area contributed by atoms with Crippen molar-refractivity contribution in [2.75, 3.05) is 27.1 Å². The van der Waals surface area contributed by atoms with E-state index in [1.807, 2.05) is 6.07 Å². The smallest absolute Gasteiger partial charge is 0.434 e. The molecule has 0 atom stereocenters. The van der Waals surface area contributed by atoms with Crippen LogP contribution >= 0.6 is 11.8 Å². The highest BCUT2D eigenvalue weighted by atomic mass is 32.2. The Balaban J connectivity index is 3.19. The molecule has 0 unspecified atom stereocenters. The van der Waals surface area contributed by atoms with Crippen molar-refractivity contribution in [3.63, 3.8) is 0 Å². The summed E-state index contributed by atoms with van der Waals surface area (Å²) in [4.78, 5) is 15.1. The number of hydrogen-bond donors (Lipinski definition) is 1. The molecule has 0 heterocycles. The van der Waals surface area contributed by atoms with E-state index < -0.39 is 6.09 Å². The molecule has 7 heteroatoms. The second-order valence-corrected chi connectivity index (χ2v) is 5.16. The third-order valence-corrected chi connectivity index (χ3v) is 3.39. The minimum absolute atomic E-state index is 0.115. The Morgan fingerprint density at radius 3 is 2.70 bits per heavy atom. The third-order valence-electron chi connectivity index (χ3n) is 2.71.